The molecule has 0 heterocycles. The number of nitrogens with one attached hydrogen (secondary N) is 2. The molecule has 1 aromatic rings. The van der Waals surface area contributed by atoms with Gasteiger partial charge in [0.15, 0.2) is 5.96 Å². The number of rotatable bonds is 8. The Bertz CT molecular complexity index is 521. The molecule has 23 heavy (non-hydrogen) atoms. The summed E-state index contributed by atoms with van der Waals surface area (Å²) < 4.78 is 5.40. The molecule has 1 aliphatic rings. The van der Waals surface area contributed by atoms with Crippen LogP contribution in [0.4, 0.5) is 0 Å². The highest BCUT2D eigenvalue weighted by Crippen LogP contribution is 2.30. The lowest BCUT2D eigenvalue weighted by molar-refractivity contribution is 0.405. The quantitative estimate of drug-likeness (QED) is 0.434. The molecule has 0 aliphatic heterocycles. The zero-order valence-electron chi connectivity index (χ0n) is 14.6. The highest BCUT2D eigenvalue weighted by atomic mass is 32.2. The summed E-state index contributed by atoms with van der Waals surface area (Å²) in [5.41, 5.74) is 0. The maximum absolute atomic E-state index is 5.40. The number of hydrogen-bond donors (Lipinski definition) is 2. The van der Waals surface area contributed by atoms with Gasteiger partial charge >= 0.3 is 0 Å². The van der Waals surface area contributed by atoms with Gasteiger partial charge in [0, 0.05) is 29.8 Å². The van der Waals surface area contributed by atoms with E-state index in [0.717, 1.165) is 36.5 Å². The highest BCUT2D eigenvalue weighted by molar-refractivity contribution is 7.99. The van der Waals surface area contributed by atoms with E-state index < -0.39 is 0 Å². The number of hydrogen-bond acceptors (Lipinski definition) is 3. The molecule has 1 aromatic carbocycles. The molecule has 3 unspecified atom stereocenters. The van der Waals surface area contributed by atoms with E-state index >= 15 is 0 Å². The molecule has 3 atom stereocenters. The number of para-hydroxylation sites is 1. The Balaban J connectivity index is 1.80. The fraction of sp³-hybridized carbons (Fsp3) is 0.611. The van der Waals surface area contributed by atoms with Gasteiger partial charge in [0.2, 0.25) is 0 Å². The van der Waals surface area contributed by atoms with Crippen LogP contribution in [0.15, 0.2) is 34.2 Å². The van der Waals surface area contributed by atoms with Crippen molar-refractivity contribution in [3.63, 3.8) is 0 Å². The van der Waals surface area contributed by atoms with Crippen LogP contribution in [0.5, 0.6) is 5.75 Å². The molecule has 1 saturated carbocycles. The average molecular weight is 336 g/mol. The Kier molecular flexibility index (Phi) is 7.09. The maximum atomic E-state index is 5.40. The van der Waals surface area contributed by atoms with Gasteiger partial charge in [-0.15, -0.1) is 11.8 Å². The molecule has 2 N–H and O–H groups in total. The summed E-state index contributed by atoms with van der Waals surface area (Å²) in [6.45, 7) is 8.35. The first-order chi connectivity index (χ1) is 11.1. The summed E-state index contributed by atoms with van der Waals surface area (Å²) in [5, 5.41) is 6.84. The lowest BCUT2D eigenvalue weighted by Gasteiger charge is -2.14. The second-order valence-corrected chi connectivity index (χ2v) is 7.31. The van der Waals surface area contributed by atoms with Crippen LogP contribution in [-0.2, 0) is 0 Å². The number of benzene rings is 1. The van der Waals surface area contributed by atoms with Crippen molar-refractivity contribution in [2.24, 2.45) is 16.8 Å². The Labute approximate surface area is 144 Å². The van der Waals surface area contributed by atoms with Gasteiger partial charge in [-0.3, -0.25) is 4.99 Å². The fourth-order valence-corrected chi connectivity index (χ4v) is 3.33. The fourth-order valence-electron chi connectivity index (χ4n) is 2.29. The van der Waals surface area contributed by atoms with E-state index in [9.17, 15) is 0 Å². The first kappa shape index (κ1) is 18.0. The van der Waals surface area contributed by atoms with Crippen LogP contribution in [0.3, 0.4) is 0 Å². The summed E-state index contributed by atoms with van der Waals surface area (Å²) in [4.78, 5) is 5.93. The SMILES string of the molecule is CCNC(=NCC(C)CSc1ccccc1OC)NC1CC1C. The maximum Gasteiger partial charge on any atom is 0.191 e. The van der Waals surface area contributed by atoms with Gasteiger partial charge in [-0.1, -0.05) is 26.0 Å². The smallest absolute Gasteiger partial charge is 0.191 e. The molecule has 0 spiro atoms. The average Bonchev–Trinajstić information content (AvgIpc) is 3.26. The minimum atomic E-state index is 0.511. The molecule has 2 rings (SSSR count). The zero-order valence-corrected chi connectivity index (χ0v) is 15.5. The standard InChI is InChI=1S/C18H29N3OS/c1-5-19-18(21-15-10-14(15)3)20-11-13(2)12-23-17-9-7-6-8-16(17)22-4/h6-9,13-15H,5,10-12H2,1-4H3,(H2,19,20,21). The molecule has 4 nitrogen and oxygen atoms in total. The zero-order chi connectivity index (χ0) is 16.7. The largest absolute Gasteiger partial charge is 0.496 e. The van der Waals surface area contributed by atoms with Crippen LogP contribution in [0.1, 0.15) is 27.2 Å². The molecular weight excluding hydrogens is 306 g/mol. The predicted octanol–water partition coefficient (Wildman–Crippen LogP) is 3.39. The second-order valence-electron chi connectivity index (χ2n) is 6.25. The molecule has 1 fully saturated rings. The third-order valence-corrected chi connectivity index (χ3v) is 5.31. The third-order valence-electron chi connectivity index (χ3n) is 3.93. The summed E-state index contributed by atoms with van der Waals surface area (Å²) >= 11 is 1.84. The summed E-state index contributed by atoms with van der Waals surface area (Å²) in [5.74, 6) is 4.22. The second kappa shape index (κ2) is 9.06. The van der Waals surface area contributed by atoms with Crippen LogP contribution < -0.4 is 15.4 Å². The van der Waals surface area contributed by atoms with Gasteiger partial charge < -0.3 is 15.4 Å². The van der Waals surface area contributed by atoms with E-state index in [0.29, 0.717) is 12.0 Å². The topological polar surface area (TPSA) is 45.7 Å². The minimum absolute atomic E-state index is 0.511. The number of methoxy groups -OCH3 is 1. The molecule has 0 bridgehead atoms. The molecule has 5 heteroatoms. The van der Waals surface area contributed by atoms with Crippen molar-refractivity contribution in [2.75, 3.05) is 26.0 Å². The van der Waals surface area contributed by atoms with Gasteiger partial charge in [0.05, 0.1) is 7.11 Å². The van der Waals surface area contributed by atoms with E-state index in [4.69, 9.17) is 9.73 Å². The molecular formula is C18H29N3OS. The lowest BCUT2D eigenvalue weighted by atomic mass is 10.2. The molecule has 0 amide bonds. The molecule has 0 radical (unpaired) electrons. The van der Waals surface area contributed by atoms with Crippen LogP contribution >= 0.6 is 11.8 Å². The van der Waals surface area contributed by atoms with Gasteiger partial charge in [0.1, 0.15) is 5.75 Å². The van der Waals surface area contributed by atoms with E-state index in [1.54, 1.807) is 7.11 Å². The molecule has 128 valence electrons. The highest BCUT2D eigenvalue weighted by Gasteiger charge is 2.33. The van der Waals surface area contributed by atoms with Crippen molar-refractivity contribution in [1.29, 1.82) is 0 Å². The van der Waals surface area contributed by atoms with Gasteiger partial charge in [-0.2, -0.15) is 0 Å². The van der Waals surface area contributed by atoms with Crippen LogP contribution in [0.25, 0.3) is 0 Å². The third kappa shape index (κ3) is 5.98. The molecule has 0 saturated heterocycles. The van der Waals surface area contributed by atoms with Crippen molar-refractivity contribution in [1.82, 2.24) is 10.6 Å². The van der Waals surface area contributed by atoms with Crippen molar-refractivity contribution in [3.05, 3.63) is 24.3 Å². The van der Waals surface area contributed by atoms with Crippen LogP contribution in [0.2, 0.25) is 0 Å². The van der Waals surface area contributed by atoms with Crippen LogP contribution in [-0.4, -0.2) is 38.0 Å². The Morgan fingerprint density at radius 1 is 1.43 bits per heavy atom. The van der Waals surface area contributed by atoms with Crippen molar-refractivity contribution < 1.29 is 4.74 Å². The van der Waals surface area contributed by atoms with Crippen molar-refractivity contribution in [2.45, 2.75) is 38.1 Å². The van der Waals surface area contributed by atoms with Crippen molar-refractivity contribution in [3.8, 4) is 5.75 Å². The van der Waals surface area contributed by atoms with E-state index in [1.807, 2.05) is 23.9 Å². The monoisotopic (exact) mass is 335 g/mol. The molecule has 0 aromatic heterocycles. The number of thioether (sulfide) groups is 1. The summed E-state index contributed by atoms with van der Waals surface area (Å²) in [6, 6.07) is 8.78. The first-order valence-electron chi connectivity index (χ1n) is 8.44. The normalized spacial score (nSPS) is 21.7. The summed E-state index contributed by atoms with van der Waals surface area (Å²) in [6.07, 6.45) is 1.25. The summed E-state index contributed by atoms with van der Waals surface area (Å²) in [7, 11) is 1.72. The Hall–Kier alpha value is -1.36. The predicted molar refractivity (Wildman–Crippen MR) is 99.6 cm³/mol. The van der Waals surface area contributed by atoms with E-state index in [1.165, 1.54) is 11.3 Å². The Morgan fingerprint density at radius 2 is 2.17 bits per heavy atom. The minimum Gasteiger partial charge on any atom is -0.496 e. The number of ether oxygens (including phenoxy) is 1. The number of nitrogens with zero attached hydrogens (tertiary/aromatic N) is 1. The van der Waals surface area contributed by atoms with Gasteiger partial charge in [0.25, 0.3) is 0 Å². The number of aliphatic imine (C=N–C) groups is 1. The Morgan fingerprint density at radius 3 is 2.83 bits per heavy atom. The van der Waals surface area contributed by atoms with E-state index in [-0.39, 0.29) is 0 Å². The van der Waals surface area contributed by atoms with Gasteiger partial charge in [-0.25, -0.2) is 0 Å². The van der Waals surface area contributed by atoms with Gasteiger partial charge in [-0.05, 0) is 37.3 Å². The van der Waals surface area contributed by atoms with Crippen LogP contribution in [0, 0.1) is 11.8 Å². The lowest BCUT2D eigenvalue weighted by Crippen LogP contribution is -2.39. The van der Waals surface area contributed by atoms with Crippen molar-refractivity contribution >= 4 is 17.7 Å². The number of guanidine groups is 1. The molecule has 1 aliphatic carbocycles. The first-order valence-corrected chi connectivity index (χ1v) is 9.43. The van der Waals surface area contributed by atoms with E-state index in [2.05, 4.69) is 43.5 Å².